The molecule has 4 aromatic rings. The summed E-state index contributed by atoms with van der Waals surface area (Å²) in [6, 6.07) is 15.0. The van der Waals surface area contributed by atoms with Crippen molar-refractivity contribution in [2.45, 2.75) is 18.4 Å². The lowest BCUT2D eigenvalue weighted by atomic mass is 9.90. The number of anilines is 1. The topological polar surface area (TPSA) is 78.9 Å². The Balaban J connectivity index is 1.67. The molecule has 0 saturated heterocycles. The minimum absolute atomic E-state index is 0.122. The zero-order valence-electron chi connectivity index (χ0n) is 15.2. The third-order valence-corrected chi connectivity index (χ3v) is 6.10. The molecule has 6 nitrogen and oxygen atoms in total. The van der Waals surface area contributed by atoms with Crippen LogP contribution in [0, 0.1) is 0 Å². The van der Waals surface area contributed by atoms with E-state index in [1.165, 1.54) is 23.0 Å². The maximum absolute atomic E-state index is 6.03. The van der Waals surface area contributed by atoms with Crippen LogP contribution in [0.3, 0.4) is 0 Å². The van der Waals surface area contributed by atoms with Crippen molar-refractivity contribution in [1.82, 2.24) is 19.7 Å². The molecule has 0 saturated carbocycles. The van der Waals surface area contributed by atoms with Crippen LogP contribution in [-0.4, -0.2) is 26.9 Å². The summed E-state index contributed by atoms with van der Waals surface area (Å²) in [7, 11) is 1.69. The molecule has 5 rings (SSSR count). The predicted molar refractivity (Wildman–Crippen MR) is 111 cm³/mol. The van der Waals surface area contributed by atoms with Crippen molar-refractivity contribution >= 4 is 32.8 Å². The maximum Gasteiger partial charge on any atom is 0.186 e. The number of methoxy groups -OCH3 is 1. The van der Waals surface area contributed by atoms with Crippen LogP contribution in [-0.2, 0) is 6.42 Å². The van der Waals surface area contributed by atoms with E-state index in [-0.39, 0.29) is 12.0 Å². The average Bonchev–Trinajstić information content (AvgIpc) is 3.31. The average molecular weight is 436 g/mol. The first kappa shape index (κ1) is 17.2. The first-order valence-electron chi connectivity index (χ1n) is 9.02. The summed E-state index contributed by atoms with van der Waals surface area (Å²) in [5, 5.41) is 5.50. The van der Waals surface area contributed by atoms with E-state index in [2.05, 4.69) is 62.3 Å². The van der Waals surface area contributed by atoms with Gasteiger partial charge in [0.1, 0.15) is 17.9 Å². The van der Waals surface area contributed by atoms with E-state index in [9.17, 15) is 0 Å². The van der Waals surface area contributed by atoms with Crippen molar-refractivity contribution in [2.24, 2.45) is 0 Å². The molecule has 140 valence electrons. The SMILES string of the molecule is COc1cc(C2c3ccccc3CC2n2cc3c(N)ncnc3n2)ccc1Br. The van der Waals surface area contributed by atoms with Crippen molar-refractivity contribution in [1.29, 1.82) is 0 Å². The van der Waals surface area contributed by atoms with Gasteiger partial charge in [0.05, 0.1) is 23.0 Å². The maximum atomic E-state index is 6.03. The van der Waals surface area contributed by atoms with Crippen molar-refractivity contribution in [3.8, 4) is 5.75 Å². The number of hydrogen-bond donors (Lipinski definition) is 1. The summed E-state index contributed by atoms with van der Waals surface area (Å²) in [4.78, 5) is 8.36. The number of ether oxygens (including phenoxy) is 1. The van der Waals surface area contributed by atoms with Gasteiger partial charge in [0.25, 0.3) is 0 Å². The first-order valence-corrected chi connectivity index (χ1v) is 9.81. The Morgan fingerprint density at radius 2 is 2.04 bits per heavy atom. The van der Waals surface area contributed by atoms with Gasteiger partial charge in [0, 0.05) is 12.1 Å². The van der Waals surface area contributed by atoms with Crippen LogP contribution in [0.2, 0.25) is 0 Å². The first-order chi connectivity index (χ1) is 13.7. The van der Waals surface area contributed by atoms with E-state index in [4.69, 9.17) is 15.6 Å². The third kappa shape index (κ3) is 2.65. The van der Waals surface area contributed by atoms with Gasteiger partial charge in [-0.1, -0.05) is 30.3 Å². The van der Waals surface area contributed by atoms with E-state index in [1.54, 1.807) is 7.11 Å². The van der Waals surface area contributed by atoms with Crippen LogP contribution in [0.4, 0.5) is 5.82 Å². The second-order valence-corrected chi connectivity index (χ2v) is 7.80. The highest BCUT2D eigenvalue weighted by atomic mass is 79.9. The van der Waals surface area contributed by atoms with Crippen LogP contribution in [0.25, 0.3) is 11.0 Å². The Labute approximate surface area is 170 Å². The van der Waals surface area contributed by atoms with Crippen molar-refractivity contribution in [3.05, 3.63) is 76.2 Å². The van der Waals surface area contributed by atoms with Gasteiger partial charge >= 0.3 is 0 Å². The van der Waals surface area contributed by atoms with Crippen molar-refractivity contribution < 1.29 is 4.74 Å². The van der Waals surface area contributed by atoms with Crippen LogP contribution >= 0.6 is 15.9 Å². The molecule has 2 unspecified atom stereocenters. The number of halogens is 1. The fraction of sp³-hybridized carbons (Fsp3) is 0.190. The molecule has 0 aliphatic heterocycles. The second kappa shape index (κ2) is 6.60. The Morgan fingerprint density at radius 1 is 1.18 bits per heavy atom. The normalized spacial score (nSPS) is 18.4. The van der Waals surface area contributed by atoms with Gasteiger partial charge in [-0.3, -0.25) is 4.68 Å². The summed E-state index contributed by atoms with van der Waals surface area (Å²) in [5.74, 6) is 1.43. The van der Waals surface area contributed by atoms with Gasteiger partial charge in [-0.15, -0.1) is 0 Å². The predicted octanol–water partition coefficient (Wildman–Crippen LogP) is 4.11. The highest BCUT2D eigenvalue weighted by molar-refractivity contribution is 9.10. The van der Waals surface area contributed by atoms with Crippen LogP contribution in [0.5, 0.6) is 5.75 Å². The van der Waals surface area contributed by atoms with Gasteiger partial charge in [0.2, 0.25) is 0 Å². The lowest BCUT2D eigenvalue weighted by Crippen LogP contribution is -2.16. The quantitative estimate of drug-likeness (QED) is 0.523. The van der Waals surface area contributed by atoms with Crippen molar-refractivity contribution in [3.63, 3.8) is 0 Å². The molecular formula is C21H18BrN5O. The number of aromatic nitrogens is 4. The molecule has 28 heavy (non-hydrogen) atoms. The molecule has 0 spiro atoms. The molecule has 2 aromatic heterocycles. The standard InChI is InChI=1S/C21H18BrN5O/c1-28-18-9-13(6-7-16(18)22)19-14-5-3-2-4-12(14)8-17(19)27-10-15-20(23)24-11-25-21(15)26-27/h2-7,9-11,17,19H,8H2,1H3,(H2,23,24,25,26). The highest BCUT2D eigenvalue weighted by Crippen LogP contribution is 2.46. The number of rotatable bonds is 3. The summed E-state index contributed by atoms with van der Waals surface area (Å²) in [6.45, 7) is 0. The number of benzene rings is 2. The Hall–Kier alpha value is -2.93. The van der Waals surface area contributed by atoms with E-state index < -0.39 is 0 Å². The number of hydrogen-bond acceptors (Lipinski definition) is 5. The Bertz CT molecular complexity index is 1190. The lowest BCUT2D eigenvalue weighted by molar-refractivity contribution is 0.408. The van der Waals surface area contributed by atoms with Gasteiger partial charge in [-0.05, 0) is 51.2 Å². The summed E-state index contributed by atoms with van der Waals surface area (Å²) in [6.07, 6.45) is 4.31. The van der Waals surface area contributed by atoms with Gasteiger partial charge in [-0.25, -0.2) is 9.97 Å². The zero-order valence-corrected chi connectivity index (χ0v) is 16.8. The molecule has 0 radical (unpaired) electrons. The fourth-order valence-corrected chi connectivity index (χ4v) is 4.54. The van der Waals surface area contributed by atoms with E-state index >= 15 is 0 Å². The van der Waals surface area contributed by atoms with Crippen LogP contribution in [0.1, 0.15) is 28.7 Å². The number of nitrogen functional groups attached to an aromatic ring is 1. The van der Waals surface area contributed by atoms with Crippen molar-refractivity contribution in [2.75, 3.05) is 12.8 Å². The molecule has 2 heterocycles. The minimum atomic E-state index is 0.122. The molecule has 0 bridgehead atoms. The third-order valence-electron chi connectivity index (χ3n) is 5.44. The van der Waals surface area contributed by atoms with E-state index in [0.717, 1.165) is 22.0 Å². The Kier molecular flexibility index (Phi) is 4.05. The summed E-state index contributed by atoms with van der Waals surface area (Å²) < 4.78 is 8.47. The number of nitrogens with two attached hydrogens (primary N) is 1. The largest absolute Gasteiger partial charge is 0.496 e. The molecule has 0 fully saturated rings. The summed E-state index contributed by atoms with van der Waals surface area (Å²) in [5.41, 5.74) is 10.5. The van der Waals surface area contributed by atoms with Gasteiger partial charge in [0.15, 0.2) is 5.65 Å². The molecule has 1 aliphatic carbocycles. The molecule has 2 atom stereocenters. The van der Waals surface area contributed by atoms with Crippen LogP contribution in [0.15, 0.2) is 59.5 Å². The number of fused-ring (bicyclic) bond motifs is 2. The molecule has 2 N–H and O–H groups in total. The van der Waals surface area contributed by atoms with E-state index in [1.807, 2.05) is 16.9 Å². The molecular weight excluding hydrogens is 418 g/mol. The van der Waals surface area contributed by atoms with Gasteiger partial charge in [-0.2, -0.15) is 5.10 Å². The molecule has 0 amide bonds. The van der Waals surface area contributed by atoms with Gasteiger partial charge < -0.3 is 10.5 Å². The van der Waals surface area contributed by atoms with Crippen LogP contribution < -0.4 is 10.5 Å². The van der Waals surface area contributed by atoms with E-state index in [0.29, 0.717) is 11.5 Å². The summed E-state index contributed by atoms with van der Waals surface area (Å²) >= 11 is 3.55. The smallest absolute Gasteiger partial charge is 0.186 e. The highest BCUT2D eigenvalue weighted by Gasteiger charge is 2.36. The molecule has 1 aliphatic rings. The Morgan fingerprint density at radius 3 is 2.86 bits per heavy atom. The molecule has 2 aromatic carbocycles. The zero-order chi connectivity index (χ0) is 19.3. The minimum Gasteiger partial charge on any atom is -0.496 e. The monoisotopic (exact) mass is 435 g/mol. The molecule has 7 heteroatoms. The second-order valence-electron chi connectivity index (χ2n) is 6.95. The fourth-order valence-electron chi connectivity index (χ4n) is 4.14. The number of nitrogens with zero attached hydrogens (tertiary/aromatic N) is 4. The lowest BCUT2D eigenvalue weighted by Gasteiger charge is -2.22.